The Labute approximate surface area is 119 Å². The van der Waals surface area contributed by atoms with Gasteiger partial charge in [-0.3, -0.25) is 9.59 Å². The molecule has 21 heavy (non-hydrogen) atoms. The van der Waals surface area contributed by atoms with Gasteiger partial charge in [-0.25, -0.2) is 9.37 Å². The minimum atomic E-state index is -1.28. The Hall–Kier alpha value is -2.63. The fourth-order valence-electron chi connectivity index (χ4n) is 1.89. The summed E-state index contributed by atoms with van der Waals surface area (Å²) in [6.45, 7) is 0. The zero-order valence-electron chi connectivity index (χ0n) is 11.0. The molecule has 0 aliphatic heterocycles. The summed E-state index contributed by atoms with van der Waals surface area (Å²) in [5.74, 6) is -4.05. The Morgan fingerprint density at radius 2 is 1.81 bits per heavy atom. The number of halogens is 2. The fraction of sp³-hybridized carbons (Fsp3) is 0.133. The zero-order valence-corrected chi connectivity index (χ0v) is 11.0. The van der Waals surface area contributed by atoms with Gasteiger partial charge in [-0.2, -0.15) is 4.39 Å². The van der Waals surface area contributed by atoms with Crippen molar-refractivity contribution in [3.05, 3.63) is 65.5 Å². The zero-order chi connectivity index (χ0) is 15.4. The van der Waals surface area contributed by atoms with Crippen LogP contribution in [-0.4, -0.2) is 23.8 Å². The first-order valence-corrected chi connectivity index (χ1v) is 6.02. The van der Waals surface area contributed by atoms with Crippen LogP contribution in [0.1, 0.15) is 21.8 Å². The van der Waals surface area contributed by atoms with Crippen LogP contribution >= 0.6 is 0 Å². The highest BCUT2D eigenvalue weighted by molar-refractivity contribution is 6.12. The molecule has 2 rings (SSSR count). The van der Waals surface area contributed by atoms with Crippen molar-refractivity contribution >= 4 is 11.8 Å². The van der Waals surface area contributed by atoms with Crippen molar-refractivity contribution in [2.24, 2.45) is 0 Å². The third kappa shape index (κ3) is 3.28. The molecule has 0 aliphatic rings. The van der Waals surface area contributed by atoms with E-state index >= 15 is 0 Å². The van der Waals surface area contributed by atoms with Gasteiger partial charge >= 0.3 is 5.97 Å². The Bertz CT molecular complexity index is 671. The number of nitrogens with zero attached hydrogens (tertiary/aromatic N) is 1. The van der Waals surface area contributed by atoms with Crippen molar-refractivity contribution in [3.63, 3.8) is 0 Å². The van der Waals surface area contributed by atoms with Gasteiger partial charge in [-0.05, 0) is 23.8 Å². The first-order chi connectivity index (χ1) is 10.0. The lowest BCUT2D eigenvalue weighted by atomic mass is 9.91. The summed E-state index contributed by atoms with van der Waals surface area (Å²) in [5.41, 5.74) is 0.257. The molecule has 0 fully saturated rings. The Morgan fingerprint density at radius 3 is 2.38 bits per heavy atom. The van der Waals surface area contributed by atoms with E-state index in [1.807, 2.05) is 0 Å². The van der Waals surface area contributed by atoms with E-state index in [2.05, 4.69) is 9.72 Å². The maximum Gasteiger partial charge on any atom is 0.321 e. The second kappa shape index (κ2) is 6.21. The highest BCUT2D eigenvalue weighted by Gasteiger charge is 2.30. The summed E-state index contributed by atoms with van der Waals surface area (Å²) in [6.07, 6.45) is 1.13. The lowest BCUT2D eigenvalue weighted by Gasteiger charge is -2.14. The molecule has 0 bridgehead atoms. The number of rotatable bonds is 4. The molecule has 0 aliphatic carbocycles. The number of aromatic nitrogens is 1. The Kier molecular flexibility index (Phi) is 4.37. The molecule has 1 unspecified atom stereocenters. The van der Waals surface area contributed by atoms with E-state index in [-0.39, 0.29) is 11.1 Å². The summed E-state index contributed by atoms with van der Waals surface area (Å²) in [5, 5.41) is 0. The van der Waals surface area contributed by atoms with Gasteiger partial charge in [0, 0.05) is 17.8 Å². The summed E-state index contributed by atoms with van der Waals surface area (Å²) in [4.78, 5) is 27.6. The number of hydrogen-bond acceptors (Lipinski definition) is 4. The van der Waals surface area contributed by atoms with E-state index in [0.717, 1.165) is 31.5 Å². The van der Waals surface area contributed by atoms with Crippen molar-refractivity contribution in [2.75, 3.05) is 7.11 Å². The predicted octanol–water partition coefficient (Wildman–Crippen LogP) is 2.50. The average molecular weight is 291 g/mol. The molecular formula is C15H11F2NO3. The smallest absolute Gasteiger partial charge is 0.321 e. The van der Waals surface area contributed by atoms with Crippen LogP contribution in [0.25, 0.3) is 0 Å². The van der Waals surface area contributed by atoms with Crippen LogP contribution < -0.4 is 0 Å². The summed E-state index contributed by atoms with van der Waals surface area (Å²) < 4.78 is 30.7. The van der Waals surface area contributed by atoms with E-state index in [1.165, 1.54) is 18.2 Å². The summed E-state index contributed by atoms with van der Waals surface area (Å²) in [6, 6.07) is 7.11. The molecule has 2 aromatic rings. The van der Waals surface area contributed by atoms with Crippen LogP contribution in [0.15, 0.2) is 42.6 Å². The minimum Gasteiger partial charge on any atom is -0.468 e. The van der Waals surface area contributed by atoms with Crippen molar-refractivity contribution in [2.45, 2.75) is 5.92 Å². The van der Waals surface area contributed by atoms with Crippen LogP contribution in [-0.2, 0) is 9.53 Å². The van der Waals surface area contributed by atoms with Gasteiger partial charge in [-0.1, -0.05) is 12.1 Å². The minimum absolute atomic E-state index is 0.0118. The number of methoxy groups -OCH3 is 1. The molecular weight excluding hydrogens is 280 g/mol. The number of ketones is 1. The normalized spacial score (nSPS) is 11.8. The number of Topliss-reactive ketones (excluding diaryl/α,β-unsaturated/α-hetero) is 1. The van der Waals surface area contributed by atoms with Crippen molar-refractivity contribution < 1.29 is 23.1 Å². The number of hydrogen-bond donors (Lipinski definition) is 0. The predicted molar refractivity (Wildman–Crippen MR) is 69.7 cm³/mol. The number of pyridine rings is 1. The molecule has 0 spiro atoms. The SMILES string of the molecule is COC(=O)C(C(=O)c1ccnc(F)c1)c1ccc(F)cc1. The first kappa shape index (κ1) is 14.8. The van der Waals surface area contributed by atoms with Gasteiger partial charge in [0.05, 0.1) is 7.11 Å². The first-order valence-electron chi connectivity index (χ1n) is 6.02. The highest BCUT2D eigenvalue weighted by atomic mass is 19.1. The molecule has 1 heterocycles. The van der Waals surface area contributed by atoms with Crippen LogP contribution in [0.3, 0.4) is 0 Å². The molecule has 4 nitrogen and oxygen atoms in total. The standard InChI is InChI=1S/C15H11F2NO3/c1-21-15(20)13(9-2-4-11(16)5-3-9)14(19)10-6-7-18-12(17)8-10/h2-8,13H,1H3. The maximum atomic E-state index is 13.1. The largest absolute Gasteiger partial charge is 0.468 e. The van der Waals surface area contributed by atoms with Gasteiger partial charge in [0.2, 0.25) is 5.95 Å². The number of ether oxygens (including phenoxy) is 1. The third-order valence-corrected chi connectivity index (χ3v) is 2.91. The van der Waals surface area contributed by atoms with E-state index in [1.54, 1.807) is 0 Å². The number of esters is 1. The Balaban J connectivity index is 2.43. The van der Waals surface area contributed by atoms with Crippen LogP contribution in [0.2, 0.25) is 0 Å². The van der Waals surface area contributed by atoms with Crippen molar-refractivity contribution in [1.82, 2.24) is 4.98 Å². The molecule has 6 heteroatoms. The van der Waals surface area contributed by atoms with Crippen LogP contribution in [0, 0.1) is 11.8 Å². The van der Waals surface area contributed by atoms with Gasteiger partial charge in [0.15, 0.2) is 5.78 Å². The average Bonchev–Trinajstić information content (AvgIpc) is 2.49. The Morgan fingerprint density at radius 1 is 1.14 bits per heavy atom. The van der Waals surface area contributed by atoms with E-state index in [0.29, 0.717) is 0 Å². The van der Waals surface area contributed by atoms with E-state index < -0.39 is 29.4 Å². The summed E-state index contributed by atoms with van der Waals surface area (Å²) in [7, 11) is 1.14. The number of carbonyl (C=O) groups is 2. The molecule has 0 radical (unpaired) electrons. The van der Waals surface area contributed by atoms with E-state index in [9.17, 15) is 18.4 Å². The molecule has 0 saturated heterocycles. The molecule has 0 amide bonds. The van der Waals surface area contributed by atoms with Crippen LogP contribution in [0.4, 0.5) is 8.78 Å². The lowest BCUT2D eigenvalue weighted by molar-refractivity contribution is -0.141. The monoisotopic (exact) mass is 291 g/mol. The third-order valence-electron chi connectivity index (χ3n) is 2.91. The molecule has 1 atom stereocenters. The number of carbonyl (C=O) groups excluding carboxylic acids is 2. The molecule has 0 saturated carbocycles. The molecule has 1 aromatic carbocycles. The van der Waals surface area contributed by atoms with E-state index in [4.69, 9.17) is 0 Å². The van der Waals surface area contributed by atoms with Crippen LogP contribution in [0.5, 0.6) is 0 Å². The quantitative estimate of drug-likeness (QED) is 0.376. The lowest BCUT2D eigenvalue weighted by Crippen LogP contribution is -2.23. The van der Waals surface area contributed by atoms with Gasteiger partial charge in [-0.15, -0.1) is 0 Å². The number of benzene rings is 1. The molecule has 1 aromatic heterocycles. The second-order valence-electron chi connectivity index (χ2n) is 4.24. The van der Waals surface area contributed by atoms with Crippen molar-refractivity contribution in [1.29, 1.82) is 0 Å². The topological polar surface area (TPSA) is 56.3 Å². The van der Waals surface area contributed by atoms with Gasteiger partial charge in [0.25, 0.3) is 0 Å². The fourth-order valence-corrected chi connectivity index (χ4v) is 1.89. The highest BCUT2D eigenvalue weighted by Crippen LogP contribution is 2.23. The maximum absolute atomic E-state index is 13.1. The molecule has 108 valence electrons. The van der Waals surface area contributed by atoms with Gasteiger partial charge in [0.1, 0.15) is 11.7 Å². The molecule has 0 N–H and O–H groups in total. The second-order valence-corrected chi connectivity index (χ2v) is 4.24. The summed E-state index contributed by atoms with van der Waals surface area (Å²) >= 11 is 0. The van der Waals surface area contributed by atoms with Crippen molar-refractivity contribution in [3.8, 4) is 0 Å². The van der Waals surface area contributed by atoms with Gasteiger partial charge < -0.3 is 4.74 Å².